The minimum atomic E-state index is -0.228. The summed E-state index contributed by atoms with van der Waals surface area (Å²) in [7, 11) is 0. The van der Waals surface area contributed by atoms with Crippen LogP contribution in [0.5, 0.6) is 0 Å². The first kappa shape index (κ1) is 24.2. The first-order valence-corrected chi connectivity index (χ1v) is 13.5. The van der Waals surface area contributed by atoms with Crippen molar-refractivity contribution < 1.29 is 0 Å². The van der Waals surface area contributed by atoms with Crippen LogP contribution in [0.15, 0.2) is 69.2 Å². The highest BCUT2D eigenvalue weighted by atomic mass is 32.2. The summed E-state index contributed by atoms with van der Waals surface area (Å²) in [6, 6.07) is 17.8. The molecule has 1 aliphatic rings. The molecule has 2 aromatic carbocycles. The van der Waals surface area contributed by atoms with Crippen LogP contribution in [0.25, 0.3) is 22.5 Å². The van der Waals surface area contributed by atoms with Crippen LogP contribution in [-0.2, 0) is 13.1 Å². The van der Waals surface area contributed by atoms with E-state index < -0.39 is 0 Å². The molecule has 186 valence electrons. The SMILES string of the molecule is CCCn1c(=O)cc(SC2CCCCC2)n(Cc2ccc(-c3ccccc3-c3nn[nH]n3)cc2)c1=O. The molecule has 1 fully saturated rings. The Morgan fingerprint density at radius 1 is 0.972 bits per heavy atom. The molecule has 9 heteroatoms. The quantitative estimate of drug-likeness (QED) is 0.350. The van der Waals surface area contributed by atoms with E-state index in [-0.39, 0.29) is 11.2 Å². The number of hydrogen-bond acceptors (Lipinski definition) is 6. The third kappa shape index (κ3) is 5.21. The Hall–Kier alpha value is -3.46. The monoisotopic (exact) mass is 502 g/mol. The molecular weight excluding hydrogens is 472 g/mol. The van der Waals surface area contributed by atoms with E-state index in [1.807, 2.05) is 43.3 Å². The Bertz CT molecular complexity index is 1420. The molecule has 0 unspecified atom stereocenters. The molecule has 2 aromatic heterocycles. The third-order valence-electron chi connectivity index (χ3n) is 6.65. The molecule has 36 heavy (non-hydrogen) atoms. The minimum Gasteiger partial charge on any atom is -0.283 e. The third-order valence-corrected chi connectivity index (χ3v) is 8.03. The fraction of sp³-hybridized carbons (Fsp3) is 0.370. The standard InChI is InChI=1S/C27H30N6O2S/c1-2-16-32-24(34)17-25(36-21-8-4-3-5-9-21)33(27(32)35)18-19-12-14-20(15-13-19)22-10-6-7-11-23(22)26-28-30-31-29-26/h6-7,10-15,17,21H,2-5,8-9,16,18H2,1H3,(H,28,29,30,31). The summed E-state index contributed by atoms with van der Waals surface area (Å²) < 4.78 is 3.14. The van der Waals surface area contributed by atoms with E-state index in [4.69, 9.17) is 0 Å². The van der Waals surface area contributed by atoms with Gasteiger partial charge in [-0.2, -0.15) is 5.21 Å². The molecule has 0 radical (unpaired) electrons. The predicted octanol–water partition coefficient (Wildman–Crippen LogP) is 4.74. The number of aromatic amines is 1. The number of hydrogen-bond donors (Lipinski definition) is 1. The van der Waals surface area contributed by atoms with Gasteiger partial charge < -0.3 is 0 Å². The van der Waals surface area contributed by atoms with Crippen molar-refractivity contribution in [1.82, 2.24) is 29.8 Å². The van der Waals surface area contributed by atoms with Crippen molar-refractivity contribution in [2.75, 3.05) is 0 Å². The van der Waals surface area contributed by atoms with Gasteiger partial charge in [-0.3, -0.25) is 13.9 Å². The summed E-state index contributed by atoms with van der Waals surface area (Å²) >= 11 is 1.69. The zero-order valence-corrected chi connectivity index (χ0v) is 21.2. The second kappa shape index (κ2) is 11.1. The maximum atomic E-state index is 13.4. The Labute approximate surface area is 213 Å². The zero-order chi connectivity index (χ0) is 24.9. The maximum absolute atomic E-state index is 13.4. The van der Waals surface area contributed by atoms with Crippen molar-refractivity contribution >= 4 is 11.8 Å². The molecule has 0 bridgehead atoms. The Morgan fingerprint density at radius 3 is 2.42 bits per heavy atom. The molecule has 1 aliphatic carbocycles. The molecule has 0 spiro atoms. The summed E-state index contributed by atoms with van der Waals surface area (Å²) in [5, 5.41) is 15.7. The van der Waals surface area contributed by atoms with E-state index in [2.05, 4.69) is 32.8 Å². The Kier molecular flexibility index (Phi) is 7.46. The van der Waals surface area contributed by atoms with Gasteiger partial charge >= 0.3 is 5.69 Å². The highest BCUT2D eigenvalue weighted by Gasteiger charge is 2.19. The number of H-pyrrole nitrogens is 1. The van der Waals surface area contributed by atoms with Gasteiger partial charge in [-0.05, 0) is 41.2 Å². The van der Waals surface area contributed by atoms with Crippen LogP contribution in [0, 0.1) is 0 Å². The molecule has 0 saturated heterocycles. The van der Waals surface area contributed by atoms with Crippen LogP contribution < -0.4 is 11.2 Å². The van der Waals surface area contributed by atoms with Crippen molar-refractivity contribution in [2.24, 2.45) is 0 Å². The average molecular weight is 503 g/mol. The van der Waals surface area contributed by atoms with E-state index in [1.54, 1.807) is 22.4 Å². The van der Waals surface area contributed by atoms with Gasteiger partial charge in [0.15, 0.2) is 0 Å². The lowest BCUT2D eigenvalue weighted by Crippen LogP contribution is -2.40. The maximum Gasteiger partial charge on any atom is 0.332 e. The number of benzene rings is 2. The largest absolute Gasteiger partial charge is 0.332 e. The highest BCUT2D eigenvalue weighted by molar-refractivity contribution is 7.99. The average Bonchev–Trinajstić information content (AvgIpc) is 3.45. The molecule has 2 heterocycles. The summed E-state index contributed by atoms with van der Waals surface area (Å²) in [6.07, 6.45) is 6.68. The van der Waals surface area contributed by atoms with Crippen molar-refractivity contribution in [3.63, 3.8) is 0 Å². The summed E-state index contributed by atoms with van der Waals surface area (Å²) in [5.74, 6) is 0.545. The van der Waals surface area contributed by atoms with E-state index in [1.165, 1.54) is 23.8 Å². The second-order valence-corrected chi connectivity index (χ2v) is 10.5. The fourth-order valence-corrected chi connectivity index (χ4v) is 6.15. The summed E-state index contributed by atoms with van der Waals surface area (Å²) in [6.45, 7) is 2.83. The number of tetrazole rings is 1. The number of nitrogens with one attached hydrogen (secondary N) is 1. The molecule has 0 aliphatic heterocycles. The van der Waals surface area contributed by atoms with Gasteiger partial charge in [0, 0.05) is 23.4 Å². The highest BCUT2D eigenvalue weighted by Crippen LogP contribution is 2.33. The molecule has 0 atom stereocenters. The molecule has 0 amide bonds. The molecular formula is C27H30N6O2S. The van der Waals surface area contributed by atoms with E-state index >= 15 is 0 Å². The van der Waals surface area contributed by atoms with Gasteiger partial charge in [-0.25, -0.2) is 4.79 Å². The van der Waals surface area contributed by atoms with Crippen molar-refractivity contribution in [2.45, 2.75) is 68.8 Å². The van der Waals surface area contributed by atoms with Gasteiger partial charge in [0.1, 0.15) is 0 Å². The smallest absolute Gasteiger partial charge is 0.283 e. The van der Waals surface area contributed by atoms with Crippen molar-refractivity contribution in [3.8, 4) is 22.5 Å². The zero-order valence-electron chi connectivity index (χ0n) is 20.4. The van der Waals surface area contributed by atoms with Gasteiger partial charge in [0.2, 0.25) is 5.82 Å². The van der Waals surface area contributed by atoms with Crippen LogP contribution in [-0.4, -0.2) is 35.0 Å². The van der Waals surface area contributed by atoms with Crippen LogP contribution in [0.4, 0.5) is 0 Å². The van der Waals surface area contributed by atoms with Gasteiger partial charge in [0.25, 0.3) is 5.56 Å². The first-order valence-electron chi connectivity index (χ1n) is 12.6. The van der Waals surface area contributed by atoms with Crippen LogP contribution >= 0.6 is 11.8 Å². The number of nitrogens with zero attached hydrogens (tertiary/aromatic N) is 5. The fourth-order valence-electron chi connectivity index (χ4n) is 4.80. The van der Waals surface area contributed by atoms with Crippen LogP contribution in [0.3, 0.4) is 0 Å². The Balaban J connectivity index is 1.46. The van der Waals surface area contributed by atoms with E-state index in [0.29, 0.717) is 24.2 Å². The van der Waals surface area contributed by atoms with Crippen LogP contribution in [0.1, 0.15) is 51.0 Å². The van der Waals surface area contributed by atoms with Gasteiger partial charge in [0.05, 0.1) is 11.6 Å². The van der Waals surface area contributed by atoms with Crippen molar-refractivity contribution in [3.05, 3.63) is 81.0 Å². The minimum absolute atomic E-state index is 0.204. The Morgan fingerprint density at radius 2 is 1.72 bits per heavy atom. The van der Waals surface area contributed by atoms with Crippen LogP contribution in [0.2, 0.25) is 0 Å². The second-order valence-electron chi connectivity index (χ2n) is 9.20. The summed E-state index contributed by atoms with van der Waals surface area (Å²) in [5.41, 5.74) is 3.50. The lowest BCUT2D eigenvalue weighted by atomic mass is 9.98. The van der Waals surface area contributed by atoms with Gasteiger partial charge in [-0.1, -0.05) is 74.7 Å². The normalized spacial score (nSPS) is 14.2. The molecule has 5 rings (SSSR count). The molecule has 4 aromatic rings. The van der Waals surface area contributed by atoms with Crippen molar-refractivity contribution in [1.29, 1.82) is 0 Å². The molecule has 1 N–H and O–H groups in total. The lowest BCUT2D eigenvalue weighted by Gasteiger charge is -2.23. The predicted molar refractivity (Wildman–Crippen MR) is 142 cm³/mol. The molecule has 1 saturated carbocycles. The topological polar surface area (TPSA) is 98.5 Å². The molecule has 8 nitrogen and oxygen atoms in total. The summed E-state index contributed by atoms with van der Waals surface area (Å²) in [4.78, 5) is 26.1. The van der Waals surface area contributed by atoms with E-state index in [9.17, 15) is 9.59 Å². The van der Waals surface area contributed by atoms with Gasteiger partial charge in [-0.15, -0.1) is 22.0 Å². The first-order chi connectivity index (χ1) is 17.6. The lowest BCUT2D eigenvalue weighted by molar-refractivity contribution is 0.510. The number of thioether (sulfide) groups is 1. The number of rotatable bonds is 8. The van der Waals surface area contributed by atoms with E-state index in [0.717, 1.165) is 46.5 Å². The number of aromatic nitrogens is 6.